The van der Waals surface area contributed by atoms with Crippen LogP contribution in [0.5, 0.6) is 0 Å². The molecule has 184 valence electrons. The minimum absolute atomic E-state index is 1.18. The first-order valence-corrected chi connectivity index (χ1v) is 12.1. The summed E-state index contributed by atoms with van der Waals surface area (Å²) in [5, 5.41) is 0. The van der Waals surface area contributed by atoms with Crippen molar-refractivity contribution in [3.8, 4) is 0 Å². The van der Waals surface area contributed by atoms with Crippen molar-refractivity contribution < 1.29 is 0 Å². The quantitative estimate of drug-likeness (QED) is 0.277. The van der Waals surface area contributed by atoms with E-state index in [4.69, 9.17) is 0 Å². The molecule has 36 heavy (non-hydrogen) atoms. The van der Waals surface area contributed by atoms with E-state index in [-0.39, 0.29) is 0 Å². The van der Waals surface area contributed by atoms with Gasteiger partial charge in [0.25, 0.3) is 0 Å². The summed E-state index contributed by atoms with van der Waals surface area (Å²) in [7, 11) is 0. The first-order valence-electron chi connectivity index (χ1n) is 12.1. The lowest BCUT2D eigenvalue weighted by Gasteiger charge is -1.95. The Morgan fingerprint density at radius 2 is 0.889 bits per heavy atom. The molecule has 0 aromatic heterocycles. The molecule has 0 heterocycles. The molecule has 0 aliphatic heterocycles. The van der Waals surface area contributed by atoms with Gasteiger partial charge in [-0.05, 0) is 55.5 Å². The molecule has 0 bridgehead atoms. The van der Waals surface area contributed by atoms with Crippen molar-refractivity contribution in [1.82, 2.24) is 0 Å². The maximum atomic E-state index is 3.69. The fourth-order valence-electron chi connectivity index (χ4n) is 3.11. The normalized spacial score (nSPS) is 9.00. The molecule has 0 aliphatic carbocycles. The van der Waals surface area contributed by atoms with E-state index in [2.05, 4.69) is 115 Å². The molecule has 0 amide bonds. The van der Waals surface area contributed by atoms with Crippen LogP contribution in [0.1, 0.15) is 44.5 Å². The predicted molar refractivity (Wildman–Crippen MR) is 165 cm³/mol. The van der Waals surface area contributed by atoms with Crippen molar-refractivity contribution >= 4 is 24.3 Å². The van der Waals surface area contributed by atoms with Crippen LogP contribution in [-0.2, 0) is 0 Å². The van der Waals surface area contributed by atoms with Gasteiger partial charge in [0.2, 0.25) is 0 Å². The van der Waals surface area contributed by atoms with Crippen LogP contribution in [-0.4, -0.2) is 0 Å². The molecule has 0 unspecified atom stereocenters. The van der Waals surface area contributed by atoms with Gasteiger partial charge >= 0.3 is 0 Å². The molecule has 0 nitrogen and oxygen atoms in total. The fourth-order valence-corrected chi connectivity index (χ4v) is 3.11. The van der Waals surface area contributed by atoms with E-state index in [0.29, 0.717) is 0 Å². The molecule has 0 radical (unpaired) electrons. The zero-order valence-corrected chi connectivity index (χ0v) is 22.4. The average Bonchev–Trinajstić information content (AvgIpc) is 2.90. The molecule has 0 spiro atoms. The smallest absolute Gasteiger partial charge is 0.0233 e. The highest BCUT2D eigenvalue weighted by Crippen LogP contribution is 2.07. The number of hydrogen-bond acceptors (Lipinski definition) is 0. The molecule has 0 heteroatoms. The van der Waals surface area contributed by atoms with E-state index in [0.717, 1.165) is 0 Å². The fraction of sp³-hybridized carbons (Fsp3) is 0.111. The third kappa shape index (κ3) is 12.3. The predicted octanol–water partition coefficient (Wildman–Crippen LogP) is 10.6. The highest BCUT2D eigenvalue weighted by atomic mass is 13.9. The van der Waals surface area contributed by atoms with Crippen LogP contribution >= 0.6 is 0 Å². The second kappa shape index (κ2) is 17.3. The minimum Gasteiger partial charge on any atom is -0.0985 e. The Bertz CT molecular complexity index is 1170. The van der Waals surface area contributed by atoms with Crippen LogP contribution in [0.3, 0.4) is 0 Å². The van der Waals surface area contributed by atoms with E-state index in [9.17, 15) is 0 Å². The molecule has 4 aromatic rings. The monoisotopic (exact) mass is 472 g/mol. The van der Waals surface area contributed by atoms with Crippen molar-refractivity contribution in [1.29, 1.82) is 0 Å². The summed E-state index contributed by atoms with van der Waals surface area (Å²) in [6.07, 6.45) is 7.43. The zero-order valence-electron chi connectivity index (χ0n) is 22.4. The highest BCUT2D eigenvalue weighted by Gasteiger charge is 1.87. The van der Waals surface area contributed by atoms with E-state index >= 15 is 0 Å². The van der Waals surface area contributed by atoms with Crippen LogP contribution in [0, 0.1) is 27.7 Å². The number of hydrogen-bond donors (Lipinski definition) is 0. The molecule has 4 aromatic carbocycles. The molecule has 0 fully saturated rings. The van der Waals surface area contributed by atoms with Gasteiger partial charge in [0.1, 0.15) is 0 Å². The van der Waals surface area contributed by atoms with Gasteiger partial charge in [-0.25, -0.2) is 0 Å². The van der Waals surface area contributed by atoms with Crippen LogP contribution in [0.2, 0.25) is 0 Å². The largest absolute Gasteiger partial charge is 0.0985 e. The SMILES string of the molecule is C=Cc1ccc(C)cc1.C=Cc1cccc(C)c1.C=Cc1cccc(C)c1.C=Cc1ccccc1C. The van der Waals surface area contributed by atoms with Crippen LogP contribution in [0.15, 0.2) is 123 Å². The van der Waals surface area contributed by atoms with Gasteiger partial charge in [-0.1, -0.05) is 164 Å². The lowest BCUT2D eigenvalue weighted by atomic mass is 10.1. The Hall–Kier alpha value is -4.16. The molecular weight excluding hydrogens is 432 g/mol. The van der Waals surface area contributed by atoms with Gasteiger partial charge in [-0.15, -0.1) is 0 Å². The third-order valence-corrected chi connectivity index (χ3v) is 5.28. The maximum Gasteiger partial charge on any atom is -0.0233 e. The molecule has 0 N–H and O–H groups in total. The standard InChI is InChI=1S/4C9H10/c1-3-9-6-4-8(2)5-7-9;2*1-3-9-6-4-5-8(2)7-9;1-3-9-7-5-4-6-8(9)2/h4*3-7H,1H2,2H3. The van der Waals surface area contributed by atoms with Crippen molar-refractivity contribution in [2.75, 3.05) is 0 Å². The van der Waals surface area contributed by atoms with Gasteiger partial charge in [0, 0.05) is 0 Å². The van der Waals surface area contributed by atoms with Crippen molar-refractivity contribution in [2.24, 2.45) is 0 Å². The van der Waals surface area contributed by atoms with E-state index in [1.165, 1.54) is 44.5 Å². The summed E-state index contributed by atoms with van der Waals surface area (Å²) >= 11 is 0. The van der Waals surface area contributed by atoms with E-state index < -0.39 is 0 Å². The van der Waals surface area contributed by atoms with Crippen molar-refractivity contribution in [3.63, 3.8) is 0 Å². The lowest BCUT2D eigenvalue weighted by Crippen LogP contribution is -1.75. The number of rotatable bonds is 4. The summed E-state index contributed by atoms with van der Waals surface area (Å²) < 4.78 is 0. The Labute approximate surface area is 219 Å². The average molecular weight is 473 g/mol. The van der Waals surface area contributed by atoms with Crippen LogP contribution in [0.25, 0.3) is 24.3 Å². The minimum atomic E-state index is 1.18. The van der Waals surface area contributed by atoms with Gasteiger partial charge in [0.05, 0.1) is 0 Å². The first-order chi connectivity index (χ1) is 17.3. The molecule has 0 saturated heterocycles. The number of aryl methyl sites for hydroxylation is 4. The Morgan fingerprint density at radius 1 is 0.417 bits per heavy atom. The van der Waals surface area contributed by atoms with Crippen LogP contribution < -0.4 is 0 Å². The van der Waals surface area contributed by atoms with Gasteiger partial charge in [-0.3, -0.25) is 0 Å². The summed E-state index contributed by atoms with van der Waals surface area (Å²) in [5.74, 6) is 0. The van der Waals surface area contributed by atoms with Gasteiger partial charge in [-0.2, -0.15) is 0 Å². The summed E-state index contributed by atoms with van der Waals surface area (Å²) in [6.45, 7) is 23.0. The zero-order chi connectivity index (χ0) is 26.8. The van der Waals surface area contributed by atoms with E-state index in [1.54, 1.807) is 0 Å². The third-order valence-electron chi connectivity index (χ3n) is 5.28. The molecule has 0 saturated carbocycles. The van der Waals surface area contributed by atoms with Gasteiger partial charge in [0.15, 0.2) is 0 Å². The van der Waals surface area contributed by atoms with Crippen molar-refractivity contribution in [3.05, 3.63) is 168 Å². The Morgan fingerprint density at radius 3 is 1.22 bits per heavy atom. The Balaban J connectivity index is 0.000000240. The molecule has 0 atom stereocenters. The molecule has 0 aliphatic rings. The first kappa shape index (κ1) is 29.9. The Kier molecular flexibility index (Phi) is 14.4. The summed E-state index contributed by atoms with van der Waals surface area (Å²) in [4.78, 5) is 0. The second-order valence-corrected chi connectivity index (χ2v) is 8.41. The molecular formula is C36H40. The van der Waals surface area contributed by atoms with E-state index in [1.807, 2.05) is 60.7 Å². The number of benzene rings is 4. The van der Waals surface area contributed by atoms with Gasteiger partial charge < -0.3 is 0 Å². The summed E-state index contributed by atoms with van der Waals surface area (Å²) in [5.41, 5.74) is 9.93. The lowest BCUT2D eigenvalue weighted by molar-refractivity contribution is 1.45. The second-order valence-electron chi connectivity index (χ2n) is 8.41. The maximum absolute atomic E-state index is 3.69. The summed E-state index contributed by atoms with van der Waals surface area (Å²) in [6, 6.07) is 33.0. The molecule has 4 rings (SSSR count). The van der Waals surface area contributed by atoms with Crippen LogP contribution in [0.4, 0.5) is 0 Å². The highest BCUT2D eigenvalue weighted by molar-refractivity contribution is 5.51. The van der Waals surface area contributed by atoms with Crippen molar-refractivity contribution in [2.45, 2.75) is 27.7 Å². The topological polar surface area (TPSA) is 0 Å².